The first-order valence-electron chi connectivity index (χ1n) is 5.76. The summed E-state index contributed by atoms with van der Waals surface area (Å²) in [6, 6.07) is 4.31. The second kappa shape index (κ2) is 2.91. The van der Waals surface area contributed by atoms with Crippen molar-refractivity contribution in [1.29, 1.82) is 0 Å². The third kappa shape index (κ3) is 1.24. The molecule has 2 nitrogen and oxygen atoms in total. The lowest BCUT2D eigenvalue weighted by Crippen LogP contribution is -2.26. The summed E-state index contributed by atoms with van der Waals surface area (Å²) in [5, 5.41) is 2.30. The van der Waals surface area contributed by atoms with Crippen LogP contribution in [-0.4, -0.2) is 5.66 Å². The molecular weight excluding hydrogens is 184 g/mol. The molecule has 0 N–H and O–H groups in total. The first kappa shape index (κ1) is 9.08. The molecule has 1 aromatic carbocycles. The first-order chi connectivity index (χ1) is 7.20. The van der Waals surface area contributed by atoms with Gasteiger partial charge in [0, 0.05) is 0 Å². The highest BCUT2D eigenvalue weighted by atomic mass is 15.1. The van der Waals surface area contributed by atoms with Gasteiger partial charge < -0.3 is 0 Å². The predicted octanol–water partition coefficient (Wildman–Crippen LogP) is 1.83. The molecule has 1 aliphatic heterocycles. The lowest BCUT2D eigenvalue weighted by atomic mass is 10.1. The molecule has 0 amide bonds. The topological polar surface area (TPSA) is 24.7 Å². The molecule has 0 radical (unpaired) electrons. The van der Waals surface area contributed by atoms with Crippen LogP contribution in [0.4, 0.5) is 0 Å². The predicted molar refractivity (Wildman–Crippen MR) is 59.4 cm³/mol. The number of rotatable bonds is 0. The Morgan fingerprint density at radius 3 is 1.87 bits per heavy atom. The van der Waals surface area contributed by atoms with Gasteiger partial charge >= 0.3 is 0 Å². The quantitative estimate of drug-likeness (QED) is 0.610. The molecule has 15 heavy (non-hydrogen) atoms. The summed E-state index contributed by atoms with van der Waals surface area (Å²) < 4.78 is 0. The minimum atomic E-state index is -0.0702. The molecule has 1 saturated carbocycles. The third-order valence-electron chi connectivity index (χ3n) is 3.60. The van der Waals surface area contributed by atoms with Gasteiger partial charge in [-0.2, -0.15) is 0 Å². The highest BCUT2D eigenvalue weighted by Crippen LogP contribution is 2.34. The second-order valence-electron chi connectivity index (χ2n) is 4.81. The summed E-state index contributed by atoms with van der Waals surface area (Å²) in [6.07, 6.45) is 4.83. The minimum absolute atomic E-state index is 0.0702. The second-order valence-corrected chi connectivity index (χ2v) is 4.81. The van der Waals surface area contributed by atoms with E-state index in [1.807, 2.05) is 0 Å². The van der Waals surface area contributed by atoms with Crippen molar-refractivity contribution >= 4 is 0 Å². The van der Waals surface area contributed by atoms with Gasteiger partial charge in [-0.1, -0.05) is 12.1 Å². The van der Waals surface area contributed by atoms with Crippen LogP contribution in [0.3, 0.4) is 0 Å². The number of benzene rings is 1. The highest BCUT2D eigenvalue weighted by molar-refractivity contribution is 5.23. The Balaban J connectivity index is 2.31. The van der Waals surface area contributed by atoms with E-state index in [2.05, 4.69) is 26.0 Å². The first-order valence-corrected chi connectivity index (χ1v) is 5.76. The fourth-order valence-electron chi connectivity index (χ4n) is 2.67. The van der Waals surface area contributed by atoms with Crippen molar-refractivity contribution in [1.82, 2.24) is 0 Å². The van der Waals surface area contributed by atoms with Gasteiger partial charge in [-0.15, -0.1) is 0 Å². The zero-order valence-corrected chi connectivity index (χ0v) is 9.38. The molecule has 78 valence electrons. The van der Waals surface area contributed by atoms with Crippen LogP contribution >= 0.6 is 0 Å². The SMILES string of the molecule is Cc1ccc(C)c2c1=NC1(CCCC1)N=2. The number of hydrogen-bond acceptors (Lipinski definition) is 2. The molecule has 1 aliphatic carbocycles. The van der Waals surface area contributed by atoms with Gasteiger partial charge in [0.1, 0.15) is 0 Å². The molecule has 1 aromatic rings. The van der Waals surface area contributed by atoms with E-state index in [9.17, 15) is 0 Å². The number of hydrogen-bond donors (Lipinski definition) is 0. The normalized spacial score (nSPS) is 21.2. The van der Waals surface area contributed by atoms with Crippen LogP contribution in [0.1, 0.15) is 36.8 Å². The third-order valence-corrected chi connectivity index (χ3v) is 3.60. The summed E-state index contributed by atoms with van der Waals surface area (Å²) in [7, 11) is 0. The van der Waals surface area contributed by atoms with Crippen LogP contribution in [0.25, 0.3) is 0 Å². The molecule has 1 fully saturated rings. The summed E-state index contributed by atoms with van der Waals surface area (Å²) in [6.45, 7) is 4.26. The Bertz CT molecular complexity index is 479. The van der Waals surface area contributed by atoms with Crippen LogP contribution < -0.4 is 10.7 Å². The smallest absolute Gasteiger partial charge is 0.151 e. The van der Waals surface area contributed by atoms with Crippen LogP contribution in [0.2, 0.25) is 0 Å². The zero-order chi connectivity index (χ0) is 10.5. The van der Waals surface area contributed by atoms with Gasteiger partial charge in [0.15, 0.2) is 5.66 Å². The molecule has 0 unspecified atom stereocenters. The number of aryl methyl sites for hydroxylation is 2. The Labute approximate surface area is 89.8 Å². The maximum Gasteiger partial charge on any atom is 0.151 e. The molecule has 2 heteroatoms. The standard InChI is InChI=1S/C13H16N2/c1-9-5-6-10(2)12-11(9)14-13(15-12)7-3-4-8-13/h5-6H,3-4,7-8H2,1-2H3. The van der Waals surface area contributed by atoms with E-state index in [1.54, 1.807) is 0 Å². The van der Waals surface area contributed by atoms with Crippen molar-refractivity contribution in [3.8, 4) is 0 Å². The van der Waals surface area contributed by atoms with Crippen molar-refractivity contribution in [2.45, 2.75) is 45.2 Å². The zero-order valence-electron chi connectivity index (χ0n) is 9.38. The van der Waals surface area contributed by atoms with E-state index < -0.39 is 0 Å². The maximum atomic E-state index is 4.88. The Morgan fingerprint density at radius 1 is 0.933 bits per heavy atom. The Kier molecular flexibility index (Phi) is 1.76. The molecule has 0 bridgehead atoms. The molecule has 3 rings (SSSR count). The summed E-state index contributed by atoms with van der Waals surface area (Å²) in [5.41, 5.74) is 2.46. The van der Waals surface area contributed by atoms with Crippen LogP contribution in [-0.2, 0) is 0 Å². The lowest BCUT2D eigenvalue weighted by Gasteiger charge is -2.14. The lowest BCUT2D eigenvalue weighted by molar-refractivity contribution is 0.462. The van der Waals surface area contributed by atoms with Crippen molar-refractivity contribution < 1.29 is 0 Å². The van der Waals surface area contributed by atoms with E-state index in [1.165, 1.54) is 24.0 Å². The summed E-state index contributed by atoms with van der Waals surface area (Å²) >= 11 is 0. The maximum absolute atomic E-state index is 4.88. The molecular formula is C13H16N2. The Morgan fingerprint density at radius 2 is 1.40 bits per heavy atom. The molecule has 1 spiro atoms. The monoisotopic (exact) mass is 200 g/mol. The van der Waals surface area contributed by atoms with Gasteiger partial charge in [0.2, 0.25) is 0 Å². The summed E-state index contributed by atoms with van der Waals surface area (Å²) in [4.78, 5) is 9.75. The van der Waals surface area contributed by atoms with Crippen LogP contribution in [0.15, 0.2) is 22.1 Å². The van der Waals surface area contributed by atoms with Gasteiger partial charge in [0.25, 0.3) is 0 Å². The average Bonchev–Trinajstić information content (AvgIpc) is 2.82. The van der Waals surface area contributed by atoms with Gasteiger partial charge in [-0.05, 0) is 50.7 Å². The molecule has 0 aromatic heterocycles. The van der Waals surface area contributed by atoms with Crippen LogP contribution in [0, 0.1) is 13.8 Å². The number of fused-ring (bicyclic) bond motifs is 1. The summed E-state index contributed by atoms with van der Waals surface area (Å²) in [5.74, 6) is 0. The molecule has 0 saturated heterocycles. The van der Waals surface area contributed by atoms with Gasteiger partial charge in [-0.3, -0.25) is 9.98 Å². The highest BCUT2D eigenvalue weighted by Gasteiger charge is 2.35. The van der Waals surface area contributed by atoms with E-state index in [-0.39, 0.29) is 5.66 Å². The van der Waals surface area contributed by atoms with E-state index in [4.69, 9.17) is 9.98 Å². The Hall–Kier alpha value is -1.18. The van der Waals surface area contributed by atoms with Crippen molar-refractivity contribution in [2.75, 3.05) is 0 Å². The average molecular weight is 200 g/mol. The van der Waals surface area contributed by atoms with E-state index in [0.717, 1.165) is 23.6 Å². The van der Waals surface area contributed by atoms with E-state index in [0.29, 0.717) is 0 Å². The fourth-order valence-corrected chi connectivity index (χ4v) is 2.67. The molecule has 2 aliphatic rings. The van der Waals surface area contributed by atoms with Crippen molar-refractivity contribution in [3.63, 3.8) is 0 Å². The van der Waals surface area contributed by atoms with Crippen molar-refractivity contribution in [2.24, 2.45) is 9.98 Å². The van der Waals surface area contributed by atoms with Gasteiger partial charge in [0.05, 0.1) is 10.7 Å². The largest absolute Gasteiger partial charge is 0.253 e. The molecule has 1 heterocycles. The minimum Gasteiger partial charge on any atom is -0.253 e. The van der Waals surface area contributed by atoms with Crippen LogP contribution in [0.5, 0.6) is 0 Å². The molecule has 0 atom stereocenters. The van der Waals surface area contributed by atoms with Gasteiger partial charge in [-0.25, -0.2) is 0 Å². The fraction of sp³-hybridized carbons (Fsp3) is 0.538. The van der Waals surface area contributed by atoms with E-state index >= 15 is 0 Å². The number of nitrogens with zero attached hydrogens (tertiary/aromatic N) is 2. The van der Waals surface area contributed by atoms with Crippen molar-refractivity contribution in [3.05, 3.63) is 34.0 Å².